The Labute approximate surface area is 118 Å². The maximum absolute atomic E-state index is 11.6. The lowest BCUT2D eigenvalue weighted by molar-refractivity contribution is -0.123. The van der Waals surface area contributed by atoms with Gasteiger partial charge in [0.2, 0.25) is 5.91 Å². The predicted molar refractivity (Wildman–Crippen MR) is 80.0 cm³/mol. The molecule has 1 fully saturated rings. The first-order chi connectivity index (χ1) is 9.25. The summed E-state index contributed by atoms with van der Waals surface area (Å²) in [4.78, 5) is 13.8. The molecule has 0 aliphatic carbocycles. The van der Waals surface area contributed by atoms with E-state index in [1.54, 1.807) is 0 Å². The fourth-order valence-corrected chi connectivity index (χ4v) is 2.79. The topological polar surface area (TPSA) is 58.4 Å². The smallest absolute Gasteiger partial charge is 0.234 e. The van der Waals surface area contributed by atoms with E-state index in [-0.39, 0.29) is 11.9 Å². The van der Waals surface area contributed by atoms with Gasteiger partial charge in [0, 0.05) is 26.2 Å². The molecule has 1 saturated heterocycles. The average molecular weight is 269 g/mol. The monoisotopic (exact) mass is 269 g/mol. The number of carbonyl (C=O) groups excluding carboxylic acids is 1. The van der Waals surface area contributed by atoms with Crippen molar-refractivity contribution in [2.24, 2.45) is 5.73 Å². The number of nitrogens with one attached hydrogen (secondary N) is 1. The third-order valence-electron chi connectivity index (χ3n) is 4.00. The van der Waals surface area contributed by atoms with E-state index >= 15 is 0 Å². The lowest BCUT2D eigenvalue weighted by Gasteiger charge is -2.33. The fourth-order valence-electron chi connectivity index (χ4n) is 2.79. The number of piperazine rings is 1. The first-order valence-corrected chi connectivity index (χ1v) is 7.99. The van der Waals surface area contributed by atoms with Crippen LogP contribution < -0.4 is 11.1 Å². The van der Waals surface area contributed by atoms with Crippen LogP contribution in [0.25, 0.3) is 0 Å². The number of hydrogen-bond donors (Lipinski definition) is 2. The maximum atomic E-state index is 11.6. The number of hydrogen-bond acceptors (Lipinski definition) is 3. The number of unbranched alkanes of at least 4 members (excludes halogenated alkanes) is 6. The summed E-state index contributed by atoms with van der Waals surface area (Å²) >= 11 is 0. The minimum Gasteiger partial charge on any atom is -0.368 e. The summed E-state index contributed by atoms with van der Waals surface area (Å²) in [6.07, 6.45) is 9.94. The predicted octanol–water partition coefficient (Wildman–Crippen LogP) is 1.89. The van der Waals surface area contributed by atoms with Crippen LogP contribution >= 0.6 is 0 Å². The molecule has 1 heterocycles. The summed E-state index contributed by atoms with van der Waals surface area (Å²) in [5.41, 5.74) is 5.55. The Balaban J connectivity index is 2.13. The van der Waals surface area contributed by atoms with E-state index < -0.39 is 0 Å². The zero-order valence-electron chi connectivity index (χ0n) is 12.5. The largest absolute Gasteiger partial charge is 0.368 e. The van der Waals surface area contributed by atoms with Gasteiger partial charge in [-0.1, -0.05) is 51.9 Å². The molecule has 112 valence electrons. The van der Waals surface area contributed by atoms with Crippen molar-refractivity contribution in [1.29, 1.82) is 0 Å². The van der Waals surface area contributed by atoms with Crippen LogP contribution in [-0.2, 0) is 4.79 Å². The summed E-state index contributed by atoms with van der Waals surface area (Å²) in [5, 5.41) is 3.31. The molecular formula is C15H31N3O. The Morgan fingerprint density at radius 3 is 2.26 bits per heavy atom. The summed E-state index contributed by atoms with van der Waals surface area (Å²) in [6, 6.07) is -0.0438. The maximum Gasteiger partial charge on any atom is 0.234 e. The number of primary amides is 1. The molecule has 0 aromatic rings. The minimum atomic E-state index is -0.145. The van der Waals surface area contributed by atoms with Crippen molar-refractivity contribution in [1.82, 2.24) is 10.2 Å². The molecule has 1 aliphatic rings. The highest BCUT2D eigenvalue weighted by Gasteiger charge is 2.24. The first-order valence-electron chi connectivity index (χ1n) is 7.99. The number of carbonyl (C=O) groups is 1. The van der Waals surface area contributed by atoms with E-state index in [1.165, 1.54) is 38.5 Å². The molecule has 0 saturated carbocycles. The van der Waals surface area contributed by atoms with E-state index in [0.29, 0.717) is 0 Å². The van der Waals surface area contributed by atoms with Crippen molar-refractivity contribution in [3.8, 4) is 0 Å². The molecule has 1 aliphatic heterocycles. The van der Waals surface area contributed by atoms with Gasteiger partial charge >= 0.3 is 0 Å². The first kappa shape index (κ1) is 16.4. The second-order valence-corrected chi connectivity index (χ2v) is 5.61. The summed E-state index contributed by atoms with van der Waals surface area (Å²) in [6.45, 7) is 6.08. The third-order valence-corrected chi connectivity index (χ3v) is 4.00. The van der Waals surface area contributed by atoms with Gasteiger partial charge < -0.3 is 11.1 Å². The summed E-state index contributed by atoms with van der Waals surface area (Å²) in [7, 11) is 0. The van der Waals surface area contributed by atoms with Gasteiger partial charge in [-0.15, -0.1) is 0 Å². The molecule has 0 radical (unpaired) electrons. The zero-order valence-corrected chi connectivity index (χ0v) is 12.5. The SMILES string of the molecule is CCCCCCCCCC(C(N)=O)N1CCNCC1. The summed E-state index contributed by atoms with van der Waals surface area (Å²) in [5.74, 6) is -0.145. The van der Waals surface area contributed by atoms with E-state index in [9.17, 15) is 4.79 Å². The van der Waals surface area contributed by atoms with Crippen LogP contribution in [0.15, 0.2) is 0 Å². The van der Waals surface area contributed by atoms with E-state index in [4.69, 9.17) is 5.73 Å². The molecule has 1 atom stereocenters. The molecule has 1 amide bonds. The molecule has 1 rings (SSSR count). The molecule has 0 spiro atoms. The Morgan fingerprint density at radius 1 is 1.11 bits per heavy atom. The van der Waals surface area contributed by atoms with Gasteiger partial charge in [-0.25, -0.2) is 0 Å². The van der Waals surface area contributed by atoms with E-state index in [2.05, 4.69) is 17.1 Å². The number of rotatable bonds is 10. The molecule has 1 unspecified atom stereocenters. The highest BCUT2D eigenvalue weighted by molar-refractivity contribution is 5.79. The minimum absolute atomic E-state index is 0.0438. The van der Waals surface area contributed by atoms with Crippen molar-refractivity contribution in [2.75, 3.05) is 26.2 Å². The Kier molecular flexibility index (Phi) is 8.84. The van der Waals surface area contributed by atoms with Gasteiger partial charge in [0.15, 0.2) is 0 Å². The van der Waals surface area contributed by atoms with Crippen molar-refractivity contribution in [3.05, 3.63) is 0 Å². The lowest BCUT2D eigenvalue weighted by Crippen LogP contribution is -2.52. The van der Waals surface area contributed by atoms with Crippen LogP contribution in [0.5, 0.6) is 0 Å². The van der Waals surface area contributed by atoms with Gasteiger partial charge in [-0.2, -0.15) is 0 Å². The normalized spacial score (nSPS) is 18.4. The molecule has 0 aromatic heterocycles. The van der Waals surface area contributed by atoms with Crippen LogP contribution in [-0.4, -0.2) is 43.0 Å². The Bertz CT molecular complexity index is 240. The standard InChI is InChI=1S/C15H31N3O/c1-2-3-4-5-6-7-8-9-14(15(16)19)18-12-10-17-11-13-18/h14,17H,2-13H2,1H3,(H2,16,19). The highest BCUT2D eigenvalue weighted by atomic mass is 16.1. The van der Waals surface area contributed by atoms with Gasteiger partial charge in [-0.05, 0) is 6.42 Å². The van der Waals surface area contributed by atoms with E-state index in [0.717, 1.165) is 39.0 Å². The number of nitrogens with zero attached hydrogens (tertiary/aromatic N) is 1. The summed E-state index contributed by atoms with van der Waals surface area (Å²) < 4.78 is 0. The van der Waals surface area contributed by atoms with Crippen molar-refractivity contribution >= 4 is 5.91 Å². The third kappa shape index (κ3) is 6.92. The van der Waals surface area contributed by atoms with Crippen LogP contribution in [0.1, 0.15) is 58.3 Å². The molecule has 0 aromatic carbocycles. The quantitative estimate of drug-likeness (QED) is 0.595. The van der Waals surface area contributed by atoms with Gasteiger partial charge in [0.05, 0.1) is 6.04 Å². The van der Waals surface area contributed by atoms with Crippen molar-refractivity contribution in [3.63, 3.8) is 0 Å². The zero-order chi connectivity index (χ0) is 13.9. The highest BCUT2D eigenvalue weighted by Crippen LogP contribution is 2.13. The van der Waals surface area contributed by atoms with Gasteiger partial charge in [-0.3, -0.25) is 9.69 Å². The number of nitrogens with two attached hydrogens (primary N) is 1. The molecule has 3 N–H and O–H groups in total. The molecule has 4 nitrogen and oxygen atoms in total. The van der Waals surface area contributed by atoms with Crippen LogP contribution in [0.3, 0.4) is 0 Å². The van der Waals surface area contributed by atoms with Crippen LogP contribution in [0, 0.1) is 0 Å². The number of amides is 1. The molecular weight excluding hydrogens is 238 g/mol. The van der Waals surface area contributed by atoms with Crippen molar-refractivity contribution < 1.29 is 4.79 Å². The van der Waals surface area contributed by atoms with Gasteiger partial charge in [0.1, 0.15) is 0 Å². The second kappa shape index (κ2) is 10.2. The lowest BCUT2D eigenvalue weighted by atomic mass is 10.0. The molecule has 19 heavy (non-hydrogen) atoms. The Hall–Kier alpha value is -0.610. The van der Waals surface area contributed by atoms with Gasteiger partial charge in [0.25, 0.3) is 0 Å². The second-order valence-electron chi connectivity index (χ2n) is 5.61. The van der Waals surface area contributed by atoms with E-state index in [1.807, 2.05) is 0 Å². The average Bonchev–Trinajstić information content (AvgIpc) is 2.42. The Morgan fingerprint density at radius 2 is 1.68 bits per heavy atom. The van der Waals surface area contributed by atoms with Crippen LogP contribution in [0.4, 0.5) is 0 Å². The molecule has 0 bridgehead atoms. The molecule has 4 heteroatoms. The van der Waals surface area contributed by atoms with Crippen molar-refractivity contribution in [2.45, 2.75) is 64.3 Å². The van der Waals surface area contributed by atoms with Crippen LogP contribution in [0.2, 0.25) is 0 Å². The fraction of sp³-hybridized carbons (Fsp3) is 0.933.